The zero-order valence-corrected chi connectivity index (χ0v) is 19.4. The first-order valence-corrected chi connectivity index (χ1v) is 12.7. The van der Waals surface area contributed by atoms with Crippen LogP contribution in [0.3, 0.4) is 0 Å². The largest absolute Gasteiger partial charge is 0.343 e. The predicted molar refractivity (Wildman–Crippen MR) is 120 cm³/mol. The molecule has 0 atom stereocenters. The van der Waals surface area contributed by atoms with Crippen LogP contribution in [0.15, 0.2) is 0 Å². The molecule has 1 saturated carbocycles. The van der Waals surface area contributed by atoms with Gasteiger partial charge in [-0.15, -0.1) is 0 Å². The van der Waals surface area contributed by atoms with Gasteiger partial charge in [0.2, 0.25) is 11.8 Å². The summed E-state index contributed by atoms with van der Waals surface area (Å²) in [6.07, 6.45) is 12.0. The molecule has 170 valence electrons. The fourth-order valence-electron chi connectivity index (χ4n) is 6.47. The third kappa shape index (κ3) is 5.20. The number of carbonyl (C=O) groups is 2. The second-order valence-corrected chi connectivity index (χ2v) is 11.0. The van der Waals surface area contributed by atoms with Crippen molar-refractivity contribution in [2.45, 2.75) is 78.1 Å². The minimum absolute atomic E-state index is 0.241. The van der Waals surface area contributed by atoms with Crippen molar-refractivity contribution in [1.29, 1.82) is 0 Å². The molecule has 0 aromatic carbocycles. The average molecular weight is 418 g/mol. The van der Waals surface area contributed by atoms with E-state index in [2.05, 4.69) is 16.7 Å². The van der Waals surface area contributed by atoms with E-state index in [0.717, 1.165) is 50.9 Å². The Morgan fingerprint density at radius 2 is 1.33 bits per heavy atom. The van der Waals surface area contributed by atoms with Crippen LogP contribution in [-0.4, -0.2) is 72.3 Å². The molecule has 0 N–H and O–H groups in total. The van der Waals surface area contributed by atoms with Crippen LogP contribution in [0.1, 0.15) is 78.1 Å². The van der Waals surface area contributed by atoms with Crippen LogP contribution in [0.2, 0.25) is 0 Å². The molecule has 3 saturated heterocycles. The van der Waals surface area contributed by atoms with E-state index >= 15 is 0 Å². The molecule has 0 radical (unpaired) electrons. The van der Waals surface area contributed by atoms with Crippen molar-refractivity contribution in [3.63, 3.8) is 0 Å². The number of likely N-dealkylation sites (tertiary alicyclic amines) is 3. The van der Waals surface area contributed by atoms with E-state index in [1.54, 1.807) is 6.92 Å². The predicted octanol–water partition coefficient (Wildman–Crippen LogP) is 3.78. The van der Waals surface area contributed by atoms with Gasteiger partial charge >= 0.3 is 0 Å². The quantitative estimate of drug-likeness (QED) is 0.702. The molecule has 5 nitrogen and oxygen atoms in total. The van der Waals surface area contributed by atoms with Crippen LogP contribution in [0.4, 0.5) is 0 Å². The van der Waals surface area contributed by atoms with Gasteiger partial charge in [0.05, 0.1) is 0 Å². The van der Waals surface area contributed by atoms with Gasteiger partial charge < -0.3 is 14.7 Å². The van der Waals surface area contributed by atoms with Gasteiger partial charge in [-0.25, -0.2) is 0 Å². The first kappa shape index (κ1) is 22.1. The van der Waals surface area contributed by atoms with Crippen LogP contribution >= 0.6 is 0 Å². The number of carbonyl (C=O) groups excluding carboxylic acids is 2. The van der Waals surface area contributed by atoms with Gasteiger partial charge in [-0.05, 0) is 94.5 Å². The van der Waals surface area contributed by atoms with E-state index in [1.807, 2.05) is 4.90 Å². The Labute approximate surface area is 183 Å². The lowest BCUT2D eigenvalue weighted by Gasteiger charge is -2.47. The van der Waals surface area contributed by atoms with Crippen LogP contribution in [0.25, 0.3) is 0 Å². The normalized spacial score (nSPS) is 31.1. The lowest BCUT2D eigenvalue weighted by molar-refractivity contribution is -0.138. The van der Waals surface area contributed by atoms with Crippen LogP contribution < -0.4 is 0 Å². The monoisotopic (exact) mass is 417 g/mol. The average Bonchev–Trinajstić information content (AvgIpc) is 2.76. The lowest BCUT2D eigenvalue weighted by atomic mass is 9.71. The molecule has 4 rings (SSSR count). The highest BCUT2D eigenvalue weighted by atomic mass is 16.2. The summed E-state index contributed by atoms with van der Waals surface area (Å²) in [6.45, 7) is 11.6. The molecule has 1 spiro atoms. The minimum Gasteiger partial charge on any atom is -0.343 e. The zero-order chi connectivity index (χ0) is 21.1. The van der Waals surface area contributed by atoms with E-state index in [-0.39, 0.29) is 5.91 Å². The number of nitrogens with zero attached hydrogens (tertiary/aromatic N) is 3. The Hall–Kier alpha value is -1.10. The van der Waals surface area contributed by atoms with Crippen molar-refractivity contribution in [1.82, 2.24) is 14.7 Å². The number of hydrogen-bond donors (Lipinski definition) is 0. The molecular weight excluding hydrogens is 374 g/mol. The summed E-state index contributed by atoms with van der Waals surface area (Å²) < 4.78 is 0. The molecule has 2 amide bonds. The Bertz CT molecular complexity index is 588. The highest BCUT2D eigenvalue weighted by molar-refractivity contribution is 5.79. The summed E-state index contributed by atoms with van der Waals surface area (Å²) in [7, 11) is 0. The number of amides is 2. The minimum atomic E-state index is 0.241. The first-order chi connectivity index (χ1) is 14.4. The summed E-state index contributed by atoms with van der Waals surface area (Å²) in [5, 5.41) is 0. The molecule has 0 unspecified atom stereocenters. The third-order valence-corrected chi connectivity index (χ3v) is 8.99. The second kappa shape index (κ2) is 9.58. The van der Waals surface area contributed by atoms with E-state index in [9.17, 15) is 9.59 Å². The second-order valence-electron chi connectivity index (χ2n) is 11.0. The number of piperidine rings is 3. The van der Waals surface area contributed by atoms with Gasteiger partial charge in [0, 0.05) is 45.6 Å². The topological polar surface area (TPSA) is 43.9 Å². The fraction of sp³-hybridized carbons (Fsp3) is 0.920. The van der Waals surface area contributed by atoms with E-state index < -0.39 is 0 Å². The maximum atomic E-state index is 12.9. The Morgan fingerprint density at radius 3 is 1.90 bits per heavy atom. The molecule has 0 aromatic rings. The maximum Gasteiger partial charge on any atom is 0.225 e. The Balaban J connectivity index is 1.16. The summed E-state index contributed by atoms with van der Waals surface area (Å²) >= 11 is 0. The SMILES string of the molecule is CC(=O)N1CCC2(CCN(CC3CCN(C(=O)[C@H]4CC[C@H](C)CC4)CC3)CC2)CC1. The van der Waals surface area contributed by atoms with Crippen LogP contribution in [-0.2, 0) is 9.59 Å². The third-order valence-electron chi connectivity index (χ3n) is 8.99. The summed E-state index contributed by atoms with van der Waals surface area (Å²) in [4.78, 5) is 31.4. The first-order valence-electron chi connectivity index (χ1n) is 12.7. The molecule has 4 aliphatic rings. The number of rotatable bonds is 3. The smallest absolute Gasteiger partial charge is 0.225 e. The van der Waals surface area contributed by atoms with Gasteiger partial charge in [0.15, 0.2) is 0 Å². The zero-order valence-electron chi connectivity index (χ0n) is 19.4. The molecular formula is C25H43N3O2. The summed E-state index contributed by atoms with van der Waals surface area (Å²) in [6, 6.07) is 0. The van der Waals surface area contributed by atoms with Crippen molar-refractivity contribution in [2.24, 2.45) is 23.2 Å². The van der Waals surface area contributed by atoms with E-state index in [4.69, 9.17) is 0 Å². The Morgan fingerprint density at radius 1 is 0.767 bits per heavy atom. The highest BCUT2D eigenvalue weighted by Gasteiger charge is 2.38. The number of hydrogen-bond acceptors (Lipinski definition) is 3. The lowest BCUT2D eigenvalue weighted by Crippen LogP contribution is -2.49. The van der Waals surface area contributed by atoms with Crippen LogP contribution in [0.5, 0.6) is 0 Å². The Kier molecular flexibility index (Phi) is 7.06. The highest BCUT2D eigenvalue weighted by Crippen LogP contribution is 2.41. The maximum absolute atomic E-state index is 12.9. The van der Waals surface area contributed by atoms with Crippen molar-refractivity contribution in [2.75, 3.05) is 45.8 Å². The summed E-state index contributed by atoms with van der Waals surface area (Å²) in [5.41, 5.74) is 0.496. The summed E-state index contributed by atoms with van der Waals surface area (Å²) in [5.74, 6) is 2.58. The van der Waals surface area contributed by atoms with Gasteiger partial charge in [0.25, 0.3) is 0 Å². The van der Waals surface area contributed by atoms with Gasteiger partial charge in [-0.2, -0.15) is 0 Å². The van der Waals surface area contributed by atoms with E-state index in [0.29, 0.717) is 17.2 Å². The van der Waals surface area contributed by atoms with Gasteiger partial charge in [-0.1, -0.05) is 6.92 Å². The molecule has 3 aliphatic heterocycles. The molecule has 30 heavy (non-hydrogen) atoms. The van der Waals surface area contributed by atoms with Gasteiger partial charge in [0.1, 0.15) is 0 Å². The van der Waals surface area contributed by atoms with Crippen molar-refractivity contribution in [3.05, 3.63) is 0 Å². The molecule has 0 aromatic heterocycles. The van der Waals surface area contributed by atoms with E-state index in [1.165, 1.54) is 71.0 Å². The fourth-order valence-corrected chi connectivity index (χ4v) is 6.47. The molecule has 4 fully saturated rings. The molecule has 1 aliphatic carbocycles. The van der Waals surface area contributed by atoms with Crippen molar-refractivity contribution in [3.8, 4) is 0 Å². The molecule has 3 heterocycles. The van der Waals surface area contributed by atoms with Crippen molar-refractivity contribution >= 4 is 11.8 Å². The molecule has 0 bridgehead atoms. The van der Waals surface area contributed by atoms with Crippen LogP contribution in [0, 0.1) is 23.2 Å². The standard InChI is InChI=1S/C25H43N3O2/c1-20-3-5-23(6-4-20)24(30)28-13-7-22(8-14-28)19-26-15-9-25(10-16-26)11-17-27(18-12-25)21(2)29/h20,22-23H,3-19H2,1-2H3/t20-,23-. The molecule has 5 heteroatoms. The van der Waals surface area contributed by atoms with Gasteiger partial charge in [-0.3, -0.25) is 9.59 Å². The van der Waals surface area contributed by atoms with Crippen molar-refractivity contribution < 1.29 is 9.59 Å².